The Morgan fingerprint density at radius 2 is 1.46 bits per heavy atom. The van der Waals surface area contributed by atoms with Gasteiger partial charge in [-0.2, -0.15) is 21.6 Å². The summed E-state index contributed by atoms with van der Waals surface area (Å²) in [4.78, 5) is 26.4. The van der Waals surface area contributed by atoms with Gasteiger partial charge in [-0.1, -0.05) is 48.5 Å². The number of rotatable bonds is 6. The molecule has 1 fully saturated rings. The Morgan fingerprint density at radius 1 is 0.891 bits per heavy atom. The van der Waals surface area contributed by atoms with Crippen molar-refractivity contribution in [3.63, 3.8) is 0 Å². The van der Waals surface area contributed by atoms with Crippen LogP contribution in [0.1, 0.15) is 40.2 Å². The molecule has 0 bridgehead atoms. The maximum absolute atomic E-state index is 13.1. The number of likely N-dealkylation sites (N-methyl/N-ethyl adjacent to an activating group) is 1. The molecule has 0 saturated carbocycles. The highest BCUT2D eigenvalue weighted by molar-refractivity contribution is 7.85. The Balaban J connectivity index is 0.000000892. The van der Waals surface area contributed by atoms with Gasteiger partial charge in [-0.25, -0.2) is 4.79 Å². The maximum Gasteiger partial charge on any atom is 0.416 e. The second-order valence-corrected chi connectivity index (χ2v) is 12.7. The average Bonchev–Trinajstić information content (AvgIpc) is 3.02. The zero-order valence-electron chi connectivity index (χ0n) is 25.6. The second kappa shape index (κ2) is 14.4. The van der Waals surface area contributed by atoms with E-state index < -0.39 is 27.8 Å². The van der Waals surface area contributed by atoms with E-state index >= 15 is 0 Å². The minimum absolute atomic E-state index is 0.283. The predicted octanol–water partition coefficient (Wildman–Crippen LogP) is 6.41. The third kappa shape index (κ3) is 9.38. The van der Waals surface area contributed by atoms with Gasteiger partial charge in [-0.15, -0.1) is 0 Å². The Morgan fingerprint density at radius 3 is 2.02 bits per heavy atom. The number of alkyl halides is 3. The van der Waals surface area contributed by atoms with Crippen LogP contribution in [0.3, 0.4) is 0 Å². The lowest BCUT2D eigenvalue weighted by atomic mass is 9.88. The summed E-state index contributed by atoms with van der Waals surface area (Å²) in [6, 6.07) is 22.5. The third-order valence-corrected chi connectivity index (χ3v) is 7.59. The van der Waals surface area contributed by atoms with Crippen molar-refractivity contribution >= 4 is 32.8 Å². The van der Waals surface area contributed by atoms with Crippen LogP contribution in [0.5, 0.6) is 0 Å². The molecule has 0 unspecified atom stereocenters. The molecule has 1 heterocycles. The number of carbonyl (C=O) groups is 2. The highest BCUT2D eigenvalue weighted by Crippen LogP contribution is 2.36. The zero-order valence-corrected chi connectivity index (χ0v) is 26.4. The topological polar surface area (TPSA) is 113 Å². The summed E-state index contributed by atoms with van der Waals surface area (Å²) in [7, 11) is -0.499. The van der Waals surface area contributed by atoms with Crippen LogP contribution in [-0.2, 0) is 25.8 Å². The quantitative estimate of drug-likeness (QED) is 0.182. The Kier molecular flexibility index (Phi) is 10.9. The van der Waals surface area contributed by atoms with Gasteiger partial charge in [0.05, 0.1) is 17.4 Å². The Labute approximate surface area is 265 Å². The number of ether oxygens (including phenoxy) is 1. The van der Waals surface area contributed by atoms with Crippen molar-refractivity contribution < 1.29 is 40.5 Å². The van der Waals surface area contributed by atoms with Crippen LogP contribution in [0.15, 0.2) is 78.9 Å². The number of fused-ring (bicyclic) bond motifs is 1. The van der Waals surface area contributed by atoms with Crippen LogP contribution in [0.25, 0.3) is 33.0 Å². The van der Waals surface area contributed by atoms with E-state index in [9.17, 15) is 31.2 Å². The molecule has 244 valence electrons. The van der Waals surface area contributed by atoms with E-state index in [-0.39, 0.29) is 18.1 Å². The van der Waals surface area contributed by atoms with Crippen molar-refractivity contribution in [2.24, 2.45) is 0 Å². The van der Waals surface area contributed by atoms with Crippen molar-refractivity contribution in [3.8, 4) is 22.3 Å². The maximum atomic E-state index is 13.1. The molecule has 1 aliphatic rings. The van der Waals surface area contributed by atoms with Gasteiger partial charge < -0.3 is 15.0 Å². The molecule has 1 amide bonds. The van der Waals surface area contributed by atoms with Gasteiger partial charge in [-0.3, -0.25) is 9.35 Å². The molecule has 1 saturated heterocycles. The first-order valence-corrected chi connectivity index (χ1v) is 16.3. The summed E-state index contributed by atoms with van der Waals surface area (Å²) in [5, 5.41) is 5.01. The Bertz CT molecular complexity index is 1790. The van der Waals surface area contributed by atoms with Gasteiger partial charge >= 0.3 is 12.1 Å². The van der Waals surface area contributed by atoms with E-state index in [1.54, 1.807) is 26.2 Å². The van der Waals surface area contributed by atoms with E-state index in [4.69, 9.17) is 9.29 Å². The molecule has 8 nitrogen and oxygen atoms in total. The number of amides is 1. The van der Waals surface area contributed by atoms with Crippen LogP contribution in [0, 0.1) is 0 Å². The number of esters is 1. The van der Waals surface area contributed by atoms with Crippen molar-refractivity contribution in [1.82, 2.24) is 10.2 Å². The second-order valence-electron chi connectivity index (χ2n) is 11.3. The lowest BCUT2D eigenvalue weighted by Crippen LogP contribution is -2.27. The lowest BCUT2D eigenvalue weighted by molar-refractivity contribution is -0.137. The van der Waals surface area contributed by atoms with Gasteiger partial charge in [-0.05, 0) is 101 Å². The molecule has 0 spiro atoms. The fraction of sp³-hybridized carbons (Fsp3) is 0.294. The molecule has 1 aliphatic heterocycles. The van der Waals surface area contributed by atoms with Gasteiger partial charge in [0.15, 0.2) is 6.61 Å². The number of carbonyl (C=O) groups excluding carboxylic acids is 2. The van der Waals surface area contributed by atoms with Gasteiger partial charge in [0, 0.05) is 14.1 Å². The summed E-state index contributed by atoms with van der Waals surface area (Å²) >= 11 is 0. The molecule has 0 aromatic heterocycles. The van der Waals surface area contributed by atoms with E-state index in [2.05, 4.69) is 29.6 Å². The summed E-state index contributed by atoms with van der Waals surface area (Å²) < 4.78 is 70.4. The number of hydrogen-bond acceptors (Lipinski definition) is 6. The molecule has 12 heteroatoms. The molecule has 46 heavy (non-hydrogen) atoms. The molecular formula is C34H35F3N2O6S. The highest BCUT2D eigenvalue weighted by atomic mass is 32.2. The van der Waals surface area contributed by atoms with Gasteiger partial charge in [0.25, 0.3) is 16.0 Å². The number of piperidine rings is 1. The van der Waals surface area contributed by atoms with Crippen LogP contribution in [0.2, 0.25) is 0 Å². The zero-order chi connectivity index (χ0) is 33.6. The van der Waals surface area contributed by atoms with Crippen LogP contribution in [-0.4, -0.2) is 69.8 Å². The lowest BCUT2D eigenvalue weighted by Gasteiger charge is -2.23. The number of hydrogen-bond donors (Lipinski definition) is 2. The fourth-order valence-electron chi connectivity index (χ4n) is 5.19. The number of benzene rings is 4. The van der Waals surface area contributed by atoms with Crippen LogP contribution in [0.4, 0.5) is 13.2 Å². The van der Waals surface area contributed by atoms with E-state index in [1.165, 1.54) is 22.6 Å². The molecular weight excluding hydrogens is 621 g/mol. The first kappa shape index (κ1) is 34.6. The van der Waals surface area contributed by atoms with Crippen molar-refractivity contribution in [1.29, 1.82) is 0 Å². The number of halogens is 3. The minimum Gasteiger partial charge on any atom is -0.452 e. The molecule has 0 aliphatic carbocycles. The summed E-state index contributed by atoms with van der Waals surface area (Å²) in [5.41, 5.74) is 3.93. The first-order valence-electron chi connectivity index (χ1n) is 14.5. The first-order chi connectivity index (χ1) is 21.6. The van der Waals surface area contributed by atoms with E-state index in [0.29, 0.717) is 23.3 Å². The van der Waals surface area contributed by atoms with Crippen molar-refractivity contribution in [2.75, 3.05) is 40.0 Å². The Hall–Kier alpha value is -4.26. The summed E-state index contributed by atoms with van der Waals surface area (Å²) in [6.07, 6.45) is -1.53. The molecule has 2 N–H and O–H groups in total. The molecule has 0 atom stereocenters. The molecule has 5 rings (SSSR count). The normalized spacial score (nSPS) is 13.9. The molecule has 4 aromatic rings. The van der Waals surface area contributed by atoms with E-state index in [0.717, 1.165) is 60.0 Å². The predicted molar refractivity (Wildman–Crippen MR) is 171 cm³/mol. The monoisotopic (exact) mass is 656 g/mol. The molecule has 4 aromatic carbocycles. The number of nitrogens with one attached hydrogen (secondary N) is 1. The number of nitrogens with zero attached hydrogens (tertiary/aromatic N) is 1. The smallest absolute Gasteiger partial charge is 0.416 e. The SMILES string of the molecule is CN(C)C(=O)COC(=O)c1cc(-c2ccc(C3CCNCC3)cc2)c2ccc(-c3ccc(C(F)(F)F)cc3)cc2c1.CS(=O)(=O)O. The average molecular weight is 657 g/mol. The van der Waals surface area contributed by atoms with Crippen LogP contribution < -0.4 is 5.32 Å². The fourth-order valence-corrected chi connectivity index (χ4v) is 5.19. The summed E-state index contributed by atoms with van der Waals surface area (Å²) in [5.74, 6) is -0.462. The summed E-state index contributed by atoms with van der Waals surface area (Å²) in [6.45, 7) is 1.62. The van der Waals surface area contributed by atoms with Gasteiger partial charge in [0.2, 0.25) is 0 Å². The van der Waals surface area contributed by atoms with Crippen LogP contribution >= 0.6 is 0 Å². The molecule has 0 radical (unpaired) electrons. The largest absolute Gasteiger partial charge is 0.452 e. The highest BCUT2D eigenvalue weighted by Gasteiger charge is 2.30. The third-order valence-electron chi connectivity index (χ3n) is 7.59. The van der Waals surface area contributed by atoms with Crippen molar-refractivity contribution in [3.05, 3.63) is 95.6 Å². The van der Waals surface area contributed by atoms with Gasteiger partial charge in [0.1, 0.15) is 0 Å². The standard InChI is InChI=1S/C33H31F3N2O3.CH4O3S/c1-38(2)31(39)20-41-32(40)27-18-26-17-25(22-7-10-28(11-8-22)33(34,35)36)9-12-29(26)30(19-27)24-5-3-21(4-6-24)23-13-15-37-16-14-23;1-5(2,3)4/h3-12,17-19,23,37H,13-16,20H2,1-2H3;1H3,(H,2,3,4). The minimum atomic E-state index is -4.41. The van der Waals surface area contributed by atoms with E-state index in [1.807, 2.05) is 18.2 Å². The van der Waals surface area contributed by atoms with Crippen molar-refractivity contribution in [2.45, 2.75) is 24.9 Å².